The van der Waals surface area contributed by atoms with Gasteiger partial charge in [-0.15, -0.1) is 0 Å². The highest BCUT2D eigenvalue weighted by atomic mass is 16.1. The average molecular weight is 312 g/mol. The number of H-pyrrole nitrogens is 1. The van der Waals surface area contributed by atoms with Crippen molar-refractivity contribution in [1.29, 1.82) is 0 Å². The topological polar surface area (TPSA) is 62.5 Å². The quantitative estimate of drug-likeness (QED) is 0.664. The number of nitrogens with one attached hydrogen (secondary N) is 1. The Morgan fingerprint density at radius 1 is 1.17 bits per heavy atom. The zero-order chi connectivity index (χ0) is 17.0. The summed E-state index contributed by atoms with van der Waals surface area (Å²) in [6.45, 7) is 9.94. The van der Waals surface area contributed by atoms with Crippen LogP contribution in [0.15, 0.2) is 45.3 Å². The van der Waals surface area contributed by atoms with Gasteiger partial charge in [0.25, 0.3) is 5.56 Å². The van der Waals surface area contributed by atoms with Crippen LogP contribution in [0.3, 0.4) is 0 Å². The number of benzene rings is 1. The summed E-state index contributed by atoms with van der Waals surface area (Å²) in [7, 11) is 0. The number of aryl methyl sites for hydroxylation is 1. The van der Waals surface area contributed by atoms with Crippen LogP contribution in [0.4, 0.5) is 0 Å². The smallest absolute Gasteiger partial charge is 0.280 e. The van der Waals surface area contributed by atoms with Gasteiger partial charge in [0.15, 0.2) is 0 Å². The standard InChI is InChI=1S/C18H24N4O/c1-12(2)11-13(3)19-20-14(4)17-15(5)21-22(18(17)23)16-9-7-6-8-10-16/h6-10,12,21H,11H2,1-5H3/b19-13-,20-14+. The summed E-state index contributed by atoms with van der Waals surface area (Å²) in [5, 5.41) is 11.6. The van der Waals surface area contributed by atoms with Crippen molar-refractivity contribution >= 4 is 11.4 Å². The summed E-state index contributed by atoms with van der Waals surface area (Å²) in [6, 6.07) is 9.50. The minimum absolute atomic E-state index is 0.105. The van der Waals surface area contributed by atoms with Crippen LogP contribution in [0.25, 0.3) is 5.69 Å². The van der Waals surface area contributed by atoms with E-state index in [0.29, 0.717) is 17.2 Å². The molecule has 0 atom stereocenters. The molecule has 0 radical (unpaired) electrons. The lowest BCUT2D eigenvalue weighted by molar-refractivity contribution is 0.681. The van der Waals surface area contributed by atoms with Crippen molar-refractivity contribution in [2.45, 2.75) is 41.0 Å². The van der Waals surface area contributed by atoms with E-state index in [9.17, 15) is 4.79 Å². The number of hydrogen-bond acceptors (Lipinski definition) is 3. The van der Waals surface area contributed by atoms with Crippen LogP contribution < -0.4 is 5.56 Å². The molecule has 0 saturated carbocycles. The van der Waals surface area contributed by atoms with Gasteiger partial charge in [-0.1, -0.05) is 32.0 Å². The molecule has 0 saturated heterocycles. The van der Waals surface area contributed by atoms with Crippen molar-refractivity contribution in [1.82, 2.24) is 9.78 Å². The first-order valence-electron chi connectivity index (χ1n) is 7.85. The first-order chi connectivity index (χ1) is 10.9. The van der Waals surface area contributed by atoms with Gasteiger partial charge in [-0.3, -0.25) is 9.89 Å². The molecule has 1 aromatic heterocycles. The summed E-state index contributed by atoms with van der Waals surface area (Å²) in [6.07, 6.45) is 0.900. The third-order valence-corrected chi connectivity index (χ3v) is 3.52. The van der Waals surface area contributed by atoms with E-state index in [0.717, 1.165) is 23.5 Å². The largest absolute Gasteiger partial charge is 0.295 e. The maximum absolute atomic E-state index is 12.7. The molecule has 1 heterocycles. The van der Waals surface area contributed by atoms with Gasteiger partial charge < -0.3 is 0 Å². The second kappa shape index (κ2) is 7.22. The monoisotopic (exact) mass is 312 g/mol. The van der Waals surface area contributed by atoms with Crippen LogP contribution >= 0.6 is 0 Å². The third kappa shape index (κ3) is 4.06. The minimum atomic E-state index is -0.105. The fraction of sp³-hybridized carbons (Fsp3) is 0.389. The first kappa shape index (κ1) is 16.9. The predicted molar refractivity (Wildman–Crippen MR) is 95.9 cm³/mol. The van der Waals surface area contributed by atoms with E-state index in [1.807, 2.05) is 51.1 Å². The highest BCUT2D eigenvalue weighted by molar-refractivity contribution is 5.99. The highest BCUT2D eigenvalue weighted by Gasteiger charge is 2.14. The van der Waals surface area contributed by atoms with E-state index in [2.05, 4.69) is 29.1 Å². The van der Waals surface area contributed by atoms with Gasteiger partial charge >= 0.3 is 0 Å². The molecule has 122 valence electrons. The summed E-state index contributed by atoms with van der Waals surface area (Å²) >= 11 is 0. The molecule has 0 spiro atoms. The van der Waals surface area contributed by atoms with Gasteiger partial charge in [0.2, 0.25) is 0 Å². The fourth-order valence-corrected chi connectivity index (χ4v) is 2.57. The average Bonchev–Trinajstić information content (AvgIpc) is 2.80. The van der Waals surface area contributed by atoms with Crippen LogP contribution in [-0.4, -0.2) is 21.2 Å². The molecule has 5 nitrogen and oxygen atoms in total. The molecule has 0 amide bonds. The lowest BCUT2D eigenvalue weighted by Crippen LogP contribution is -2.19. The van der Waals surface area contributed by atoms with Gasteiger partial charge in [-0.05, 0) is 45.2 Å². The Balaban J connectivity index is 2.37. The summed E-state index contributed by atoms with van der Waals surface area (Å²) in [5.41, 5.74) is 3.66. The SMILES string of the molecule is C/C(CC(C)C)=N/N=C(\C)c1c(C)[nH]n(-c2ccccc2)c1=O. The second-order valence-electron chi connectivity index (χ2n) is 6.21. The molecule has 0 aliphatic heterocycles. The van der Waals surface area contributed by atoms with Crippen LogP contribution in [0, 0.1) is 12.8 Å². The molecule has 0 aliphatic rings. The van der Waals surface area contributed by atoms with Gasteiger partial charge in [-0.2, -0.15) is 10.2 Å². The second-order valence-corrected chi connectivity index (χ2v) is 6.21. The van der Waals surface area contributed by atoms with E-state index >= 15 is 0 Å². The van der Waals surface area contributed by atoms with E-state index < -0.39 is 0 Å². The van der Waals surface area contributed by atoms with Crippen LogP contribution in [0.2, 0.25) is 0 Å². The number of aromatic nitrogens is 2. The molecule has 0 aliphatic carbocycles. The molecule has 5 heteroatoms. The fourth-order valence-electron chi connectivity index (χ4n) is 2.57. The Hall–Kier alpha value is -2.43. The molecule has 1 aromatic carbocycles. The minimum Gasteiger partial charge on any atom is -0.295 e. The molecule has 23 heavy (non-hydrogen) atoms. The molecule has 1 N–H and O–H groups in total. The molecule has 0 bridgehead atoms. The van der Waals surface area contributed by atoms with Gasteiger partial charge in [0.05, 0.1) is 17.0 Å². The lowest BCUT2D eigenvalue weighted by Gasteiger charge is -2.01. The normalized spacial score (nSPS) is 13.0. The maximum Gasteiger partial charge on any atom is 0.280 e. The summed E-state index contributed by atoms with van der Waals surface area (Å²) < 4.78 is 1.54. The number of para-hydroxylation sites is 1. The van der Waals surface area contributed by atoms with E-state index in [1.165, 1.54) is 4.68 Å². The molecule has 2 rings (SSSR count). The Kier molecular flexibility index (Phi) is 5.32. The number of nitrogens with zero attached hydrogens (tertiary/aromatic N) is 3. The Bertz CT molecular complexity index is 779. The Morgan fingerprint density at radius 2 is 1.83 bits per heavy atom. The zero-order valence-corrected chi connectivity index (χ0v) is 14.4. The molecular formula is C18H24N4O. The number of rotatable bonds is 5. The number of hydrogen-bond donors (Lipinski definition) is 1. The van der Waals surface area contributed by atoms with Crippen LogP contribution in [0.1, 0.15) is 45.4 Å². The Morgan fingerprint density at radius 3 is 2.43 bits per heavy atom. The first-order valence-corrected chi connectivity index (χ1v) is 7.85. The van der Waals surface area contributed by atoms with Crippen LogP contribution in [0.5, 0.6) is 0 Å². The zero-order valence-electron chi connectivity index (χ0n) is 14.4. The third-order valence-electron chi connectivity index (χ3n) is 3.52. The van der Waals surface area contributed by atoms with Crippen molar-refractivity contribution < 1.29 is 0 Å². The molecule has 0 fully saturated rings. The van der Waals surface area contributed by atoms with Crippen molar-refractivity contribution in [3.63, 3.8) is 0 Å². The lowest BCUT2D eigenvalue weighted by atomic mass is 10.1. The maximum atomic E-state index is 12.7. The van der Waals surface area contributed by atoms with E-state index in [1.54, 1.807) is 0 Å². The van der Waals surface area contributed by atoms with Gasteiger partial charge in [-0.25, -0.2) is 4.68 Å². The van der Waals surface area contributed by atoms with Gasteiger partial charge in [0.1, 0.15) is 0 Å². The number of aromatic amines is 1. The van der Waals surface area contributed by atoms with E-state index in [4.69, 9.17) is 0 Å². The van der Waals surface area contributed by atoms with Crippen molar-refractivity contribution in [2.24, 2.45) is 16.1 Å². The summed E-state index contributed by atoms with van der Waals surface area (Å²) in [4.78, 5) is 12.7. The van der Waals surface area contributed by atoms with Crippen molar-refractivity contribution in [3.05, 3.63) is 51.9 Å². The Labute approximate surface area is 136 Å². The predicted octanol–water partition coefficient (Wildman–Crippen LogP) is 3.71. The molecular weight excluding hydrogens is 288 g/mol. The van der Waals surface area contributed by atoms with Crippen molar-refractivity contribution in [2.75, 3.05) is 0 Å². The molecule has 2 aromatic rings. The molecule has 0 unspecified atom stereocenters. The van der Waals surface area contributed by atoms with Crippen molar-refractivity contribution in [3.8, 4) is 5.69 Å². The van der Waals surface area contributed by atoms with Crippen LogP contribution in [-0.2, 0) is 0 Å². The summed E-state index contributed by atoms with van der Waals surface area (Å²) in [5.74, 6) is 0.540. The van der Waals surface area contributed by atoms with Gasteiger partial charge in [0, 0.05) is 11.4 Å². The van der Waals surface area contributed by atoms with E-state index in [-0.39, 0.29) is 5.56 Å². The highest BCUT2D eigenvalue weighted by Crippen LogP contribution is 2.08.